The van der Waals surface area contributed by atoms with E-state index < -0.39 is 5.63 Å². The van der Waals surface area contributed by atoms with E-state index in [9.17, 15) is 9.59 Å². The van der Waals surface area contributed by atoms with Crippen molar-refractivity contribution in [1.82, 2.24) is 5.32 Å². The summed E-state index contributed by atoms with van der Waals surface area (Å²) in [6.45, 7) is 6.69. The summed E-state index contributed by atoms with van der Waals surface area (Å²) in [6, 6.07) is 15.1. The fourth-order valence-electron chi connectivity index (χ4n) is 2.86. The summed E-state index contributed by atoms with van der Waals surface area (Å²) in [6.07, 6.45) is 0.965. The van der Waals surface area contributed by atoms with Crippen LogP contribution in [0.2, 0.25) is 0 Å². The van der Waals surface area contributed by atoms with Gasteiger partial charge < -0.3 is 9.73 Å². The van der Waals surface area contributed by atoms with Crippen LogP contribution < -0.4 is 10.9 Å². The molecule has 1 atom stereocenters. The standard InChI is InChI=1S/C22H23NO3/c1-4-14(2)13-23-21(24)20-19(16-11-9-15(3)10-12-16)17-7-5-6-8-18(17)22(25)26-20/h5-12,14H,4,13H2,1-3H3,(H,23,24). The van der Waals surface area contributed by atoms with Gasteiger partial charge in [0, 0.05) is 17.5 Å². The van der Waals surface area contributed by atoms with Crippen LogP contribution in [0.25, 0.3) is 21.9 Å². The van der Waals surface area contributed by atoms with E-state index in [4.69, 9.17) is 4.42 Å². The lowest BCUT2D eigenvalue weighted by molar-refractivity contribution is 0.0917. The van der Waals surface area contributed by atoms with E-state index in [0.29, 0.717) is 23.4 Å². The molecule has 2 aromatic carbocycles. The Labute approximate surface area is 152 Å². The van der Waals surface area contributed by atoms with Crippen LogP contribution >= 0.6 is 0 Å². The van der Waals surface area contributed by atoms with E-state index in [1.54, 1.807) is 12.1 Å². The van der Waals surface area contributed by atoms with Crippen LogP contribution in [0.4, 0.5) is 0 Å². The highest BCUT2D eigenvalue weighted by Gasteiger charge is 2.21. The minimum Gasteiger partial charge on any atom is -0.416 e. The van der Waals surface area contributed by atoms with E-state index in [1.165, 1.54) is 0 Å². The summed E-state index contributed by atoms with van der Waals surface area (Å²) >= 11 is 0. The van der Waals surface area contributed by atoms with Gasteiger partial charge >= 0.3 is 5.63 Å². The van der Waals surface area contributed by atoms with E-state index in [2.05, 4.69) is 19.2 Å². The summed E-state index contributed by atoms with van der Waals surface area (Å²) in [7, 11) is 0. The normalized spacial score (nSPS) is 12.1. The summed E-state index contributed by atoms with van der Waals surface area (Å²) in [4.78, 5) is 25.2. The Hall–Kier alpha value is -2.88. The minimum absolute atomic E-state index is 0.0702. The maximum absolute atomic E-state index is 12.8. The zero-order valence-electron chi connectivity index (χ0n) is 15.3. The van der Waals surface area contributed by atoms with Gasteiger partial charge in [-0.05, 0) is 24.5 Å². The number of aryl methyl sites for hydroxylation is 1. The first-order chi connectivity index (χ1) is 12.5. The molecule has 0 aliphatic heterocycles. The fourth-order valence-corrected chi connectivity index (χ4v) is 2.86. The lowest BCUT2D eigenvalue weighted by Gasteiger charge is -2.14. The quantitative estimate of drug-likeness (QED) is 0.735. The van der Waals surface area contributed by atoms with Crippen LogP contribution in [-0.2, 0) is 0 Å². The Morgan fingerprint density at radius 3 is 2.38 bits per heavy atom. The van der Waals surface area contributed by atoms with Crippen LogP contribution in [0.3, 0.4) is 0 Å². The van der Waals surface area contributed by atoms with Crippen molar-refractivity contribution in [1.29, 1.82) is 0 Å². The van der Waals surface area contributed by atoms with Crippen LogP contribution in [0.1, 0.15) is 36.4 Å². The zero-order valence-corrected chi connectivity index (χ0v) is 15.3. The van der Waals surface area contributed by atoms with Crippen molar-refractivity contribution in [3.05, 3.63) is 70.3 Å². The summed E-state index contributed by atoms with van der Waals surface area (Å²) in [5.74, 6) is 0.0681. The number of carbonyl (C=O) groups excluding carboxylic acids is 1. The van der Waals surface area contributed by atoms with Gasteiger partial charge in [0.2, 0.25) is 5.76 Å². The molecule has 0 saturated heterocycles. The summed E-state index contributed by atoms with van der Waals surface area (Å²) in [5.41, 5.74) is 2.13. The molecule has 0 radical (unpaired) electrons. The first kappa shape index (κ1) is 17.9. The predicted octanol–water partition coefficient (Wildman–Crippen LogP) is 4.54. The van der Waals surface area contributed by atoms with Gasteiger partial charge in [-0.1, -0.05) is 68.3 Å². The van der Waals surface area contributed by atoms with Crippen LogP contribution in [-0.4, -0.2) is 12.5 Å². The van der Waals surface area contributed by atoms with Crippen LogP contribution in [0.15, 0.2) is 57.7 Å². The Balaban J connectivity index is 2.18. The fraction of sp³-hybridized carbons (Fsp3) is 0.273. The number of benzene rings is 2. The Morgan fingerprint density at radius 1 is 1.08 bits per heavy atom. The van der Waals surface area contributed by atoms with Gasteiger partial charge in [-0.3, -0.25) is 4.79 Å². The smallest absolute Gasteiger partial charge is 0.344 e. The van der Waals surface area contributed by atoms with Gasteiger partial charge in [0.05, 0.1) is 5.39 Å². The maximum Gasteiger partial charge on any atom is 0.344 e. The molecule has 3 aromatic rings. The van der Waals surface area contributed by atoms with Crippen molar-refractivity contribution in [3.63, 3.8) is 0 Å². The van der Waals surface area contributed by atoms with Gasteiger partial charge in [0.15, 0.2) is 0 Å². The third-order valence-corrected chi connectivity index (χ3v) is 4.69. The van der Waals surface area contributed by atoms with Gasteiger partial charge in [-0.25, -0.2) is 4.79 Å². The molecule has 4 heteroatoms. The van der Waals surface area contributed by atoms with Crippen molar-refractivity contribution in [2.75, 3.05) is 6.54 Å². The average Bonchev–Trinajstić information content (AvgIpc) is 2.66. The van der Waals surface area contributed by atoms with Crippen molar-refractivity contribution in [2.45, 2.75) is 27.2 Å². The third-order valence-electron chi connectivity index (χ3n) is 4.69. The lowest BCUT2D eigenvalue weighted by Crippen LogP contribution is -2.29. The molecule has 1 unspecified atom stereocenters. The largest absolute Gasteiger partial charge is 0.416 e. The molecule has 1 aromatic heterocycles. The van der Waals surface area contributed by atoms with E-state index >= 15 is 0 Å². The SMILES string of the molecule is CCC(C)CNC(=O)c1oc(=O)c2ccccc2c1-c1ccc(C)cc1. The zero-order chi connectivity index (χ0) is 18.7. The molecule has 0 aliphatic rings. The number of rotatable bonds is 5. The molecular formula is C22H23NO3. The Morgan fingerprint density at radius 2 is 1.73 bits per heavy atom. The van der Waals surface area contributed by atoms with Crippen molar-refractivity contribution in [3.8, 4) is 11.1 Å². The van der Waals surface area contributed by atoms with Crippen molar-refractivity contribution in [2.24, 2.45) is 5.92 Å². The molecule has 0 bridgehead atoms. The second-order valence-electron chi connectivity index (χ2n) is 6.73. The molecule has 0 spiro atoms. The average molecular weight is 349 g/mol. The highest BCUT2D eigenvalue weighted by atomic mass is 16.4. The molecule has 0 saturated carbocycles. The number of amides is 1. The Bertz CT molecular complexity index is 986. The lowest BCUT2D eigenvalue weighted by atomic mass is 9.97. The number of hydrogen-bond acceptors (Lipinski definition) is 3. The summed E-state index contributed by atoms with van der Waals surface area (Å²) < 4.78 is 5.47. The van der Waals surface area contributed by atoms with Gasteiger partial charge in [-0.2, -0.15) is 0 Å². The molecule has 26 heavy (non-hydrogen) atoms. The summed E-state index contributed by atoms with van der Waals surface area (Å²) in [5, 5.41) is 4.09. The van der Waals surface area contributed by atoms with Gasteiger partial charge in [0.25, 0.3) is 5.91 Å². The second-order valence-corrected chi connectivity index (χ2v) is 6.73. The van der Waals surface area contributed by atoms with Crippen molar-refractivity contribution >= 4 is 16.7 Å². The molecule has 4 nitrogen and oxygen atoms in total. The Kier molecular flexibility index (Phi) is 5.21. The van der Waals surface area contributed by atoms with Crippen LogP contribution in [0.5, 0.6) is 0 Å². The number of fused-ring (bicyclic) bond motifs is 1. The molecule has 1 N–H and O–H groups in total. The molecule has 1 heterocycles. The molecule has 1 amide bonds. The molecule has 3 rings (SSSR count). The number of carbonyl (C=O) groups is 1. The first-order valence-electron chi connectivity index (χ1n) is 8.92. The van der Waals surface area contributed by atoms with E-state index in [-0.39, 0.29) is 11.7 Å². The highest BCUT2D eigenvalue weighted by molar-refractivity contribution is 6.07. The molecular weight excluding hydrogens is 326 g/mol. The first-order valence-corrected chi connectivity index (χ1v) is 8.92. The third kappa shape index (κ3) is 3.54. The monoisotopic (exact) mass is 349 g/mol. The number of nitrogens with one attached hydrogen (secondary N) is 1. The molecule has 0 aliphatic carbocycles. The predicted molar refractivity (Wildman–Crippen MR) is 104 cm³/mol. The number of hydrogen-bond donors (Lipinski definition) is 1. The van der Waals surface area contributed by atoms with E-state index in [1.807, 2.05) is 43.3 Å². The molecule has 0 fully saturated rings. The molecule has 134 valence electrons. The second kappa shape index (κ2) is 7.56. The maximum atomic E-state index is 12.8. The van der Waals surface area contributed by atoms with E-state index in [0.717, 1.165) is 22.9 Å². The minimum atomic E-state index is -0.495. The van der Waals surface area contributed by atoms with Crippen LogP contribution in [0, 0.1) is 12.8 Å². The van der Waals surface area contributed by atoms with Gasteiger partial charge in [-0.15, -0.1) is 0 Å². The van der Waals surface area contributed by atoms with Crippen molar-refractivity contribution < 1.29 is 9.21 Å². The highest BCUT2D eigenvalue weighted by Crippen LogP contribution is 2.31. The van der Waals surface area contributed by atoms with Gasteiger partial charge in [0.1, 0.15) is 0 Å². The topological polar surface area (TPSA) is 59.3 Å².